The fourth-order valence-electron chi connectivity index (χ4n) is 2.44. The molecule has 0 aliphatic heterocycles. The zero-order chi connectivity index (χ0) is 15.0. The van der Waals surface area contributed by atoms with E-state index in [1.165, 1.54) is 5.56 Å². The Morgan fingerprint density at radius 3 is 2.43 bits per heavy atom. The Balaban J connectivity index is 1.92. The van der Waals surface area contributed by atoms with Crippen LogP contribution in [0.25, 0.3) is 10.1 Å². The van der Waals surface area contributed by atoms with E-state index in [9.17, 15) is 4.79 Å². The summed E-state index contributed by atoms with van der Waals surface area (Å²) in [5.74, 6) is 0. The summed E-state index contributed by atoms with van der Waals surface area (Å²) in [6.45, 7) is 7.24. The highest BCUT2D eigenvalue weighted by Gasteiger charge is 2.13. The molecule has 108 valence electrons. The maximum absolute atomic E-state index is 12.4. The highest BCUT2D eigenvalue weighted by atomic mass is 32.1. The standard InChI is InChI=1S/C18H19NOS/c1-18(2,3)14-6-4-13(5-7-14)12-19-10-8-16-15(17(19)20)9-11-21-16/h4-11H,12H2,1-3H3. The third-order valence-corrected chi connectivity index (χ3v) is 4.65. The normalized spacial score (nSPS) is 12.0. The number of pyridine rings is 1. The Kier molecular flexibility index (Phi) is 3.46. The van der Waals surface area contributed by atoms with Gasteiger partial charge in [0.05, 0.1) is 11.9 Å². The number of rotatable bonds is 2. The lowest BCUT2D eigenvalue weighted by molar-refractivity contribution is 0.589. The molecule has 0 bridgehead atoms. The molecule has 2 aromatic heterocycles. The van der Waals surface area contributed by atoms with Gasteiger partial charge in [-0.3, -0.25) is 4.79 Å². The molecule has 2 nitrogen and oxygen atoms in total. The first-order valence-electron chi connectivity index (χ1n) is 7.11. The SMILES string of the molecule is CC(C)(C)c1ccc(Cn2ccc3sccc3c2=O)cc1. The molecule has 0 aliphatic rings. The Labute approximate surface area is 128 Å². The Morgan fingerprint density at radius 2 is 1.76 bits per heavy atom. The van der Waals surface area contributed by atoms with E-state index in [-0.39, 0.29) is 11.0 Å². The van der Waals surface area contributed by atoms with E-state index in [1.54, 1.807) is 15.9 Å². The van der Waals surface area contributed by atoms with E-state index in [1.807, 2.05) is 23.7 Å². The molecule has 0 N–H and O–H groups in total. The van der Waals surface area contributed by atoms with Crippen LogP contribution in [0.2, 0.25) is 0 Å². The molecule has 0 saturated heterocycles. The van der Waals surface area contributed by atoms with Crippen molar-refractivity contribution < 1.29 is 0 Å². The summed E-state index contributed by atoms with van der Waals surface area (Å²) in [7, 11) is 0. The van der Waals surface area contributed by atoms with Gasteiger partial charge >= 0.3 is 0 Å². The van der Waals surface area contributed by atoms with Crippen LogP contribution in [-0.4, -0.2) is 4.57 Å². The van der Waals surface area contributed by atoms with Crippen LogP contribution in [-0.2, 0) is 12.0 Å². The average molecular weight is 297 g/mol. The monoisotopic (exact) mass is 297 g/mol. The van der Waals surface area contributed by atoms with Gasteiger partial charge in [-0.05, 0) is 34.1 Å². The molecule has 0 unspecified atom stereocenters. The number of aromatic nitrogens is 1. The molecular formula is C18H19NOS. The van der Waals surface area contributed by atoms with Crippen molar-refractivity contribution in [1.29, 1.82) is 0 Å². The molecule has 0 atom stereocenters. The molecule has 3 aromatic rings. The maximum Gasteiger partial charge on any atom is 0.259 e. The van der Waals surface area contributed by atoms with E-state index in [0.29, 0.717) is 6.54 Å². The van der Waals surface area contributed by atoms with Gasteiger partial charge in [0.15, 0.2) is 0 Å². The maximum atomic E-state index is 12.4. The second-order valence-electron chi connectivity index (χ2n) is 6.39. The van der Waals surface area contributed by atoms with Crippen molar-refractivity contribution in [3.05, 3.63) is 69.5 Å². The van der Waals surface area contributed by atoms with Gasteiger partial charge in [0.2, 0.25) is 0 Å². The van der Waals surface area contributed by atoms with E-state index in [0.717, 1.165) is 15.6 Å². The van der Waals surface area contributed by atoms with Gasteiger partial charge in [-0.2, -0.15) is 0 Å². The van der Waals surface area contributed by atoms with Crippen molar-refractivity contribution in [1.82, 2.24) is 4.57 Å². The first kappa shape index (κ1) is 14.1. The second-order valence-corrected chi connectivity index (χ2v) is 7.34. The van der Waals surface area contributed by atoms with E-state index < -0.39 is 0 Å². The predicted molar refractivity (Wildman–Crippen MR) is 90.3 cm³/mol. The third-order valence-electron chi connectivity index (χ3n) is 3.77. The van der Waals surface area contributed by atoms with Gasteiger partial charge in [0.25, 0.3) is 5.56 Å². The van der Waals surface area contributed by atoms with Crippen LogP contribution in [0.1, 0.15) is 31.9 Å². The minimum atomic E-state index is 0.0913. The lowest BCUT2D eigenvalue weighted by Gasteiger charge is -2.19. The number of hydrogen-bond donors (Lipinski definition) is 0. The molecule has 1 aromatic carbocycles. The van der Waals surface area contributed by atoms with Crippen molar-refractivity contribution in [3.8, 4) is 0 Å². The zero-order valence-electron chi connectivity index (χ0n) is 12.6. The second kappa shape index (κ2) is 5.15. The van der Waals surface area contributed by atoms with Crippen molar-refractivity contribution in [2.24, 2.45) is 0 Å². The molecule has 0 amide bonds. The molecule has 3 heteroatoms. The molecule has 0 fully saturated rings. The Bertz CT molecular complexity index is 819. The van der Waals surface area contributed by atoms with E-state index in [4.69, 9.17) is 0 Å². The summed E-state index contributed by atoms with van der Waals surface area (Å²) in [6.07, 6.45) is 1.89. The highest BCUT2D eigenvalue weighted by Crippen LogP contribution is 2.22. The van der Waals surface area contributed by atoms with Crippen molar-refractivity contribution in [3.63, 3.8) is 0 Å². The first-order chi connectivity index (χ1) is 9.95. The van der Waals surface area contributed by atoms with Crippen LogP contribution < -0.4 is 5.56 Å². The Hall–Kier alpha value is -1.87. The Morgan fingerprint density at radius 1 is 1.05 bits per heavy atom. The molecule has 2 heterocycles. The number of nitrogens with zero attached hydrogens (tertiary/aromatic N) is 1. The number of benzene rings is 1. The lowest BCUT2D eigenvalue weighted by atomic mass is 9.87. The van der Waals surface area contributed by atoms with Crippen LogP contribution in [0.3, 0.4) is 0 Å². The van der Waals surface area contributed by atoms with E-state index in [2.05, 4.69) is 45.0 Å². The van der Waals surface area contributed by atoms with Crippen molar-refractivity contribution >= 4 is 21.4 Å². The summed E-state index contributed by atoms with van der Waals surface area (Å²) < 4.78 is 2.83. The summed E-state index contributed by atoms with van der Waals surface area (Å²) >= 11 is 1.61. The highest BCUT2D eigenvalue weighted by molar-refractivity contribution is 7.17. The van der Waals surface area contributed by atoms with Gasteiger partial charge in [-0.15, -0.1) is 11.3 Å². The summed E-state index contributed by atoms with van der Waals surface area (Å²) in [4.78, 5) is 12.4. The molecule has 3 rings (SSSR count). The number of hydrogen-bond acceptors (Lipinski definition) is 2. The molecule has 0 aliphatic carbocycles. The quantitative estimate of drug-likeness (QED) is 0.687. The van der Waals surface area contributed by atoms with Gasteiger partial charge in [-0.25, -0.2) is 0 Å². The fraction of sp³-hybridized carbons (Fsp3) is 0.278. The summed E-state index contributed by atoms with van der Waals surface area (Å²) in [5, 5.41) is 2.78. The van der Waals surface area contributed by atoms with Crippen LogP contribution in [0.15, 0.2) is 52.8 Å². The number of fused-ring (bicyclic) bond motifs is 1. The van der Waals surface area contributed by atoms with E-state index >= 15 is 0 Å². The minimum absolute atomic E-state index is 0.0913. The average Bonchev–Trinajstić information content (AvgIpc) is 2.91. The number of thiophene rings is 1. The first-order valence-corrected chi connectivity index (χ1v) is 7.99. The molecular weight excluding hydrogens is 278 g/mol. The molecule has 21 heavy (non-hydrogen) atoms. The topological polar surface area (TPSA) is 22.0 Å². The van der Waals surface area contributed by atoms with Crippen molar-refractivity contribution in [2.75, 3.05) is 0 Å². The fourth-order valence-corrected chi connectivity index (χ4v) is 3.21. The lowest BCUT2D eigenvalue weighted by Crippen LogP contribution is -2.19. The van der Waals surface area contributed by atoms with Gasteiger partial charge < -0.3 is 4.57 Å². The molecule has 0 spiro atoms. The third kappa shape index (κ3) is 2.79. The summed E-state index contributed by atoms with van der Waals surface area (Å²) in [6, 6.07) is 12.5. The van der Waals surface area contributed by atoms with Crippen molar-refractivity contribution in [2.45, 2.75) is 32.7 Å². The predicted octanol–water partition coefficient (Wildman–Crippen LogP) is 4.41. The van der Waals surface area contributed by atoms with Crippen LogP contribution in [0.5, 0.6) is 0 Å². The minimum Gasteiger partial charge on any atom is -0.311 e. The zero-order valence-corrected chi connectivity index (χ0v) is 13.4. The van der Waals surface area contributed by atoms with Gasteiger partial charge in [-0.1, -0.05) is 45.0 Å². The van der Waals surface area contributed by atoms with Crippen LogP contribution in [0, 0.1) is 0 Å². The molecule has 0 radical (unpaired) electrons. The van der Waals surface area contributed by atoms with Crippen LogP contribution in [0.4, 0.5) is 0 Å². The summed E-state index contributed by atoms with van der Waals surface area (Å²) in [5.41, 5.74) is 2.71. The van der Waals surface area contributed by atoms with Crippen LogP contribution >= 0.6 is 11.3 Å². The largest absolute Gasteiger partial charge is 0.311 e. The molecule has 0 saturated carbocycles. The van der Waals surface area contributed by atoms with Gasteiger partial charge in [0, 0.05) is 10.9 Å². The smallest absolute Gasteiger partial charge is 0.259 e. The van der Waals surface area contributed by atoms with Gasteiger partial charge in [0.1, 0.15) is 0 Å².